The van der Waals surface area contributed by atoms with E-state index in [4.69, 9.17) is 25.8 Å². The molecule has 0 atom stereocenters. The van der Waals surface area contributed by atoms with E-state index in [1.165, 1.54) is 14.2 Å². The molecule has 0 spiro atoms. The molecular formula is C15H14BrClO4. The fourth-order valence-electron chi connectivity index (χ4n) is 2.02. The van der Waals surface area contributed by atoms with E-state index in [2.05, 4.69) is 15.9 Å². The molecule has 0 saturated carbocycles. The summed E-state index contributed by atoms with van der Waals surface area (Å²) in [7, 11) is 4.56. The van der Waals surface area contributed by atoms with Crippen molar-refractivity contribution in [1.82, 2.24) is 0 Å². The van der Waals surface area contributed by atoms with Gasteiger partial charge >= 0.3 is 0 Å². The topological polar surface area (TPSA) is 47.9 Å². The van der Waals surface area contributed by atoms with E-state index in [0.717, 1.165) is 4.47 Å². The normalized spacial score (nSPS) is 10.3. The van der Waals surface area contributed by atoms with Crippen LogP contribution in [-0.2, 0) is 0 Å². The summed E-state index contributed by atoms with van der Waals surface area (Å²) in [5.74, 6) is 1.40. The fraction of sp³-hybridized carbons (Fsp3) is 0.200. The number of aromatic hydroxyl groups is 1. The van der Waals surface area contributed by atoms with Gasteiger partial charge in [0.05, 0.1) is 26.4 Å². The average molecular weight is 374 g/mol. The van der Waals surface area contributed by atoms with Crippen molar-refractivity contribution in [2.24, 2.45) is 0 Å². The van der Waals surface area contributed by atoms with Crippen LogP contribution in [0.4, 0.5) is 0 Å². The van der Waals surface area contributed by atoms with Gasteiger partial charge in [0.15, 0.2) is 11.5 Å². The molecule has 0 saturated heterocycles. The number of halogens is 2. The van der Waals surface area contributed by atoms with E-state index < -0.39 is 0 Å². The van der Waals surface area contributed by atoms with Crippen molar-refractivity contribution in [1.29, 1.82) is 0 Å². The Kier molecular flexibility index (Phi) is 4.85. The van der Waals surface area contributed by atoms with Crippen LogP contribution in [0.15, 0.2) is 28.7 Å². The molecule has 0 unspecified atom stereocenters. The predicted molar refractivity (Wildman–Crippen MR) is 85.9 cm³/mol. The molecule has 21 heavy (non-hydrogen) atoms. The monoisotopic (exact) mass is 372 g/mol. The number of hydrogen-bond acceptors (Lipinski definition) is 4. The third kappa shape index (κ3) is 3.04. The van der Waals surface area contributed by atoms with Crippen LogP contribution >= 0.6 is 27.5 Å². The maximum Gasteiger partial charge on any atom is 0.165 e. The smallest absolute Gasteiger partial charge is 0.165 e. The lowest BCUT2D eigenvalue weighted by atomic mass is 10.0. The number of methoxy groups -OCH3 is 3. The van der Waals surface area contributed by atoms with Crippen LogP contribution < -0.4 is 14.2 Å². The Balaban J connectivity index is 2.75. The first-order valence-electron chi connectivity index (χ1n) is 6.00. The maximum absolute atomic E-state index is 10.3. The lowest BCUT2D eigenvalue weighted by molar-refractivity contribution is 0.373. The van der Waals surface area contributed by atoms with E-state index in [-0.39, 0.29) is 5.75 Å². The second kappa shape index (κ2) is 6.45. The van der Waals surface area contributed by atoms with Crippen LogP contribution in [0.25, 0.3) is 11.1 Å². The summed E-state index contributed by atoms with van der Waals surface area (Å²) in [5, 5.41) is 10.8. The zero-order chi connectivity index (χ0) is 15.6. The van der Waals surface area contributed by atoms with Gasteiger partial charge < -0.3 is 19.3 Å². The highest BCUT2D eigenvalue weighted by Gasteiger charge is 2.19. The summed E-state index contributed by atoms with van der Waals surface area (Å²) >= 11 is 9.70. The largest absolute Gasteiger partial charge is 0.504 e. The summed E-state index contributed by atoms with van der Waals surface area (Å²) < 4.78 is 16.4. The molecule has 0 bridgehead atoms. The van der Waals surface area contributed by atoms with E-state index in [9.17, 15) is 5.11 Å². The third-order valence-electron chi connectivity index (χ3n) is 3.01. The molecule has 0 fully saturated rings. The minimum atomic E-state index is -0.00827. The van der Waals surface area contributed by atoms with Gasteiger partial charge in [0.1, 0.15) is 11.5 Å². The summed E-state index contributed by atoms with van der Waals surface area (Å²) in [6.45, 7) is 0. The molecule has 0 radical (unpaired) electrons. The fourth-order valence-corrected chi connectivity index (χ4v) is 2.76. The predicted octanol–water partition coefficient (Wildman–Crippen LogP) is 4.50. The van der Waals surface area contributed by atoms with Crippen LogP contribution in [0.1, 0.15) is 0 Å². The maximum atomic E-state index is 10.3. The van der Waals surface area contributed by atoms with Gasteiger partial charge in [-0.2, -0.15) is 0 Å². The molecule has 0 aliphatic heterocycles. The summed E-state index contributed by atoms with van der Waals surface area (Å²) in [6.07, 6.45) is 0. The summed E-state index contributed by atoms with van der Waals surface area (Å²) in [4.78, 5) is 0. The third-order valence-corrected chi connectivity index (χ3v) is 3.77. The Bertz CT molecular complexity index is 673. The number of hydrogen-bond donors (Lipinski definition) is 1. The molecule has 0 aliphatic rings. The minimum absolute atomic E-state index is 0.00827. The molecule has 0 aliphatic carbocycles. The minimum Gasteiger partial charge on any atom is -0.504 e. The highest BCUT2D eigenvalue weighted by Crippen LogP contribution is 2.47. The molecule has 0 amide bonds. The quantitative estimate of drug-likeness (QED) is 0.857. The average Bonchev–Trinajstić information content (AvgIpc) is 2.48. The van der Waals surface area contributed by atoms with Gasteiger partial charge in [-0.15, -0.1) is 0 Å². The van der Waals surface area contributed by atoms with Crippen molar-refractivity contribution in [2.75, 3.05) is 21.3 Å². The first kappa shape index (κ1) is 15.8. The Hall–Kier alpha value is -1.59. The Morgan fingerprint density at radius 2 is 1.62 bits per heavy atom. The molecule has 6 heteroatoms. The summed E-state index contributed by atoms with van der Waals surface area (Å²) in [5.41, 5.74) is 1.07. The van der Waals surface area contributed by atoms with Crippen molar-refractivity contribution in [3.05, 3.63) is 33.8 Å². The van der Waals surface area contributed by atoms with E-state index in [0.29, 0.717) is 33.4 Å². The zero-order valence-electron chi connectivity index (χ0n) is 11.7. The van der Waals surface area contributed by atoms with Crippen molar-refractivity contribution in [3.8, 4) is 34.1 Å². The molecule has 0 heterocycles. The molecule has 112 valence electrons. The Labute approximate surface area is 136 Å². The second-order valence-corrected chi connectivity index (χ2v) is 5.51. The van der Waals surface area contributed by atoms with Crippen LogP contribution in [0.5, 0.6) is 23.0 Å². The molecular weight excluding hydrogens is 360 g/mol. The van der Waals surface area contributed by atoms with Gasteiger partial charge in [-0.05, 0) is 18.2 Å². The Morgan fingerprint density at radius 3 is 2.19 bits per heavy atom. The van der Waals surface area contributed by atoms with E-state index in [1.807, 2.05) is 0 Å². The Morgan fingerprint density at radius 1 is 0.952 bits per heavy atom. The summed E-state index contributed by atoms with van der Waals surface area (Å²) in [6, 6.07) is 6.77. The molecule has 0 aromatic heterocycles. The lowest BCUT2D eigenvalue weighted by Gasteiger charge is -2.15. The standard InChI is InChI=1S/C15H14BrClO4/c1-19-9-6-11(17)14(12(7-9)20-2)10-4-8(16)5-13(21-3)15(10)18/h4-7,18H,1-3H3. The molecule has 2 rings (SSSR count). The van der Waals surface area contributed by atoms with Gasteiger partial charge in [-0.3, -0.25) is 0 Å². The van der Waals surface area contributed by atoms with Crippen molar-refractivity contribution in [3.63, 3.8) is 0 Å². The number of rotatable bonds is 4. The zero-order valence-corrected chi connectivity index (χ0v) is 14.1. The number of ether oxygens (including phenoxy) is 3. The molecule has 4 nitrogen and oxygen atoms in total. The van der Waals surface area contributed by atoms with Gasteiger partial charge in [-0.25, -0.2) is 0 Å². The van der Waals surface area contributed by atoms with Crippen LogP contribution in [0.3, 0.4) is 0 Å². The SMILES string of the molecule is COc1cc(Cl)c(-c2cc(Br)cc(OC)c2O)c(OC)c1. The number of phenolic OH excluding ortho intramolecular Hbond substituents is 1. The number of benzene rings is 2. The van der Waals surface area contributed by atoms with Crippen molar-refractivity contribution in [2.45, 2.75) is 0 Å². The van der Waals surface area contributed by atoms with Gasteiger partial charge in [0.2, 0.25) is 0 Å². The van der Waals surface area contributed by atoms with Crippen LogP contribution in [0.2, 0.25) is 5.02 Å². The van der Waals surface area contributed by atoms with Gasteiger partial charge in [0.25, 0.3) is 0 Å². The lowest BCUT2D eigenvalue weighted by Crippen LogP contribution is -1.94. The van der Waals surface area contributed by atoms with Crippen molar-refractivity contribution < 1.29 is 19.3 Å². The van der Waals surface area contributed by atoms with Crippen molar-refractivity contribution >= 4 is 27.5 Å². The molecule has 2 aromatic carbocycles. The first-order valence-corrected chi connectivity index (χ1v) is 7.17. The first-order chi connectivity index (χ1) is 10.0. The van der Waals surface area contributed by atoms with E-state index in [1.54, 1.807) is 31.4 Å². The molecule has 2 aromatic rings. The van der Waals surface area contributed by atoms with Crippen LogP contribution in [-0.4, -0.2) is 26.4 Å². The van der Waals surface area contributed by atoms with Crippen LogP contribution in [0, 0.1) is 0 Å². The number of phenols is 1. The van der Waals surface area contributed by atoms with Gasteiger partial charge in [-0.1, -0.05) is 27.5 Å². The van der Waals surface area contributed by atoms with Gasteiger partial charge in [0, 0.05) is 21.7 Å². The van der Waals surface area contributed by atoms with E-state index >= 15 is 0 Å². The highest BCUT2D eigenvalue weighted by atomic mass is 79.9. The second-order valence-electron chi connectivity index (χ2n) is 4.19. The highest BCUT2D eigenvalue weighted by molar-refractivity contribution is 9.10. The molecule has 1 N–H and O–H groups in total.